The molecule has 0 bridgehead atoms. The van der Waals surface area contributed by atoms with Crippen LogP contribution in [0.3, 0.4) is 0 Å². The molecule has 3 aromatic rings. The van der Waals surface area contributed by atoms with Gasteiger partial charge in [0.2, 0.25) is 0 Å². The lowest BCUT2D eigenvalue weighted by atomic mass is 10.1. The van der Waals surface area contributed by atoms with Crippen molar-refractivity contribution < 1.29 is 19.1 Å². The number of hydrogen-bond donors (Lipinski definition) is 2. The highest BCUT2D eigenvalue weighted by Crippen LogP contribution is 2.21. The fourth-order valence-electron chi connectivity index (χ4n) is 2.84. The van der Waals surface area contributed by atoms with Crippen LogP contribution in [-0.4, -0.2) is 25.0 Å². The fraction of sp³-hybridized carbons (Fsp3) is 0.120. The van der Waals surface area contributed by atoms with Gasteiger partial charge in [0, 0.05) is 11.3 Å². The number of hydrogen-bond acceptors (Lipinski definition) is 4. The Morgan fingerprint density at radius 2 is 1.48 bits per heavy atom. The third-order valence-corrected chi connectivity index (χ3v) is 4.33. The van der Waals surface area contributed by atoms with Crippen molar-refractivity contribution in [3.8, 4) is 11.5 Å². The SMILES string of the molecule is C=CCOc1ccc(C(=O)Nc2ccccc2C(=O)Nc2ccc(OCC)cc2)cc1. The van der Waals surface area contributed by atoms with E-state index in [4.69, 9.17) is 9.47 Å². The molecule has 0 heterocycles. The van der Waals surface area contributed by atoms with Crippen molar-refractivity contribution >= 4 is 23.2 Å². The highest BCUT2D eigenvalue weighted by atomic mass is 16.5. The van der Waals surface area contributed by atoms with E-state index in [9.17, 15) is 9.59 Å². The monoisotopic (exact) mass is 416 g/mol. The maximum absolute atomic E-state index is 12.8. The lowest BCUT2D eigenvalue weighted by molar-refractivity contribution is 0.102. The average molecular weight is 416 g/mol. The van der Waals surface area contributed by atoms with Gasteiger partial charge in [-0.2, -0.15) is 0 Å². The van der Waals surface area contributed by atoms with Gasteiger partial charge in [0.1, 0.15) is 18.1 Å². The van der Waals surface area contributed by atoms with Gasteiger partial charge < -0.3 is 20.1 Å². The summed E-state index contributed by atoms with van der Waals surface area (Å²) < 4.78 is 10.8. The van der Waals surface area contributed by atoms with Crippen LogP contribution >= 0.6 is 0 Å². The number of rotatable bonds is 9. The first-order valence-corrected chi connectivity index (χ1v) is 9.89. The van der Waals surface area contributed by atoms with E-state index >= 15 is 0 Å². The molecule has 6 nitrogen and oxygen atoms in total. The molecule has 0 atom stereocenters. The summed E-state index contributed by atoms with van der Waals surface area (Å²) in [6.45, 7) is 6.47. The molecule has 0 aromatic heterocycles. The zero-order valence-corrected chi connectivity index (χ0v) is 17.3. The summed E-state index contributed by atoms with van der Waals surface area (Å²) in [4.78, 5) is 25.4. The van der Waals surface area contributed by atoms with Crippen LogP contribution < -0.4 is 20.1 Å². The van der Waals surface area contributed by atoms with E-state index in [2.05, 4.69) is 17.2 Å². The number of anilines is 2. The Hall–Kier alpha value is -4.06. The first-order chi connectivity index (χ1) is 15.1. The highest BCUT2D eigenvalue weighted by molar-refractivity contribution is 6.12. The normalized spacial score (nSPS) is 10.1. The summed E-state index contributed by atoms with van der Waals surface area (Å²) in [7, 11) is 0. The molecule has 3 rings (SSSR count). The Kier molecular flexibility index (Phi) is 7.43. The fourth-order valence-corrected chi connectivity index (χ4v) is 2.84. The molecule has 31 heavy (non-hydrogen) atoms. The van der Waals surface area contributed by atoms with Crippen LogP contribution in [0.15, 0.2) is 85.5 Å². The zero-order valence-electron chi connectivity index (χ0n) is 17.3. The third kappa shape index (κ3) is 5.96. The van der Waals surface area contributed by atoms with Crippen LogP contribution in [0.25, 0.3) is 0 Å². The highest BCUT2D eigenvalue weighted by Gasteiger charge is 2.14. The van der Waals surface area contributed by atoms with Crippen molar-refractivity contribution in [2.75, 3.05) is 23.8 Å². The van der Waals surface area contributed by atoms with Crippen LogP contribution in [0.1, 0.15) is 27.6 Å². The molecule has 0 spiro atoms. The Morgan fingerprint density at radius 3 is 2.16 bits per heavy atom. The molecular formula is C25H24N2O4. The van der Waals surface area contributed by atoms with Gasteiger partial charge in [-0.15, -0.1) is 0 Å². The van der Waals surface area contributed by atoms with Gasteiger partial charge in [-0.3, -0.25) is 9.59 Å². The summed E-state index contributed by atoms with van der Waals surface area (Å²) in [6.07, 6.45) is 1.65. The molecule has 0 radical (unpaired) electrons. The van der Waals surface area contributed by atoms with Crippen molar-refractivity contribution in [1.82, 2.24) is 0 Å². The smallest absolute Gasteiger partial charge is 0.257 e. The molecule has 2 amide bonds. The van der Waals surface area contributed by atoms with Gasteiger partial charge in [0.15, 0.2) is 0 Å². The number of benzene rings is 3. The Morgan fingerprint density at radius 1 is 0.839 bits per heavy atom. The Balaban J connectivity index is 1.69. The first-order valence-electron chi connectivity index (χ1n) is 9.89. The van der Waals surface area contributed by atoms with Gasteiger partial charge in [0.05, 0.1) is 17.9 Å². The summed E-state index contributed by atoms with van der Waals surface area (Å²) >= 11 is 0. The number of nitrogens with one attached hydrogen (secondary N) is 2. The van der Waals surface area contributed by atoms with E-state index in [1.165, 1.54) is 0 Å². The van der Waals surface area contributed by atoms with Gasteiger partial charge in [0.25, 0.3) is 11.8 Å². The average Bonchev–Trinajstić information content (AvgIpc) is 2.80. The minimum atomic E-state index is -0.326. The van der Waals surface area contributed by atoms with Crippen LogP contribution in [-0.2, 0) is 0 Å². The summed E-state index contributed by atoms with van der Waals surface area (Å²) in [5, 5.41) is 5.64. The summed E-state index contributed by atoms with van der Waals surface area (Å²) in [5.74, 6) is 0.727. The summed E-state index contributed by atoms with van der Waals surface area (Å²) in [6, 6.07) is 20.7. The molecule has 0 aliphatic rings. The molecule has 0 saturated heterocycles. The maximum Gasteiger partial charge on any atom is 0.257 e. The topological polar surface area (TPSA) is 76.7 Å². The molecule has 6 heteroatoms. The van der Waals surface area contributed by atoms with Crippen molar-refractivity contribution in [1.29, 1.82) is 0 Å². The van der Waals surface area contributed by atoms with Crippen LogP contribution in [0, 0.1) is 0 Å². The molecule has 0 unspecified atom stereocenters. The minimum Gasteiger partial charge on any atom is -0.494 e. The van der Waals surface area contributed by atoms with E-state index in [1.54, 1.807) is 78.9 Å². The number of amides is 2. The number of carbonyl (C=O) groups excluding carboxylic acids is 2. The lowest BCUT2D eigenvalue weighted by Crippen LogP contribution is -2.18. The lowest BCUT2D eigenvalue weighted by Gasteiger charge is -2.12. The van der Waals surface area contributed by atoms with Crippen molar-refractivity contribution in [3.63, 3.8) is 0 Å². The second-order valence-corrected chi connectivity index (χ2v) is 6.54. The molecule has 2 N–H and O–H groups in total. The predicted octanol–water partition coefficient (Wildman–Crippen LogP) is 5.15. The Bertz CT molecular complexity index is 1040. The molecule has 0 aliphatic heterocycles. The van der Waals surface area contributed by atoms with E-state index in [1.807, 2.05) is 6.92 Å². The first kappa shape index (κ1) is 21.6. The van der Waals surface area contributed by atoms with Gasteiger partial charge >= 0.3 is 0 Å². The number of para-hydroxylation sites is 1. The number of ether oxygens (including phenoxy) is 2. The van der Waals surface area contributed by atoms with Crippen molar-refractivity contribution in [2.24, 2.45) is 0 Å². The summed E-state index contributed by atoms with van der Waals surface area (Å²) in [5.41, 5.74) is 1.86. The molecule has 0 aliphatic carbocycles. The van der Waals surface area contributed by atoms with Crippen LogP contribution in [0.4, 0.5) is 11.4 Å². The molecule has 158 valence electrons. The largest absolute Gasteiger partial charge is 0.494 e. The minimum absolute atomic E-state index is 0.323. The quantitative estimate of drug-likeness (QED) is 0.473. The second-order valence-electron chi connectivity index (χ2n) is 6.54. The van der Waals surface area contributed by atoms with E-state index in [0.29, 0.717) is 41.5 Å². The predicted molar refractivity (Wildman–Crippen MR) is 122 cm³/mol. The second kappa shape index (κ2) is 10.6. The standard InChI is InChI=1S/C25H24N2O4/c1-3-17-31-21-13-9-18(10-14-21)24(28)27-23-8-6-5-7-22(23)25(29)26-19-11-15-20(16-12-19)30-4-2/h3,5-16H,1,4,17H2,2H3,(H,26,29)(H,27,28). The molecule has 0 fully saturated rings. The molecular weight excluding hydrogens is 392 g/mol. The van der Waals surface area contributed by atoms with Crippen molar-refractivity contribution in [3.05, 3.63) is 96.6 Å². The van der Waals surface area contributed by atoms with Gasteiger partial charge in [-0.05, 0) is 67.6 Å². The van der Waals surface area contributed by atoms with E-state index in [0.717, 1.165) is 5.75 Å². The molecule has 3 aromatic carbocycles. The molecule has 0 saturated carbocycles. The maximum atomic E-state index is 12.8. The van der Waals surface area contributed by atoms with E-state index in [-0.39, 0.29) is 11.8 Å². The van der Waals surface area contributed by atoms with E-state index < -0.39 is 0 Å². The van der Waals surface area contributed by atoms with Gasteiger partial charge in [-0.1, -0.05) is 24.8 Å². The Labute approximate surface area is 181 Å². The third-order valence-electron chi connectivity index (χ3n) is 4.33. The van der Waals surface area contributed by atoms with Crippen molar-refractivity contribution in [2.45, 2.75) is 6.92 Å². The van der Waals surface area contributed by atoms with Crippen LogP contribution in [0.5, 0.6) is 11.5 Å². The number of carbonyl (C=O) groups is 2. The zero-order chi connectivity index (χ0) is 22.1. The van der Waals surface area contributed by atoms with Crippen LogP contribution in [0.2, 0.25) is 0 Å². The van der Waals surface area contributed by atoms with Gasteiger partial charge in [-0.25, -0.2) is 0 Å².